The van der Waals surface area contributed by atoms with E-state index in [4.69, 9.17) is 17.3 Å². The number of nitrogens with two attached hydrogens (primary N) is 1. The molecule has 0 radical (unpaired) electrons. The van der Waals surface area contributed by atoms with E-state index >= 15 is 0 Å². The largest absolute Gasteiger partial charge is 0.413 e. The third kappa shape index (κ3) is 2.50. The molecule has 0 amide bonds. The lowest BCUT2D eigenvalue weighted by Crippen LogP contribution is -2.23. The molecule has 0 aliphatic carbocycles. The first-order chi connectivity index (χ1) is 6.32. The highest BCUT2D eigenvalue weighted by Crippen LogP contribution is 2.35. The quantitative estimate of drug-likeness (QED) is 0.788. The van der Waals surface area contributed by atoms with Crippen LogP contribution in [0.5, 0.6) is 0 Å². The second-order valence-electron chi connectivity index (χ2n) is 2.68. The van der Waals surface area contributed by atoms with Gasteiger partial charge in [0.25, 0.3) is 0 Å². The highest BCUT2D eigenvalue weighted by molar-refractivity contribution is 7.14. The van der Waals surface area contributed by atoms with Crippen molar-refractivity contribution >= 4 is 22.9 Å². The zero-order chi connectivity index (χ0) is 10.9. The van der Waals surface area contributed by atoms with Crippen LogP contribution in [0.25, 0.3) is 0 Å². The van der Waals surface area contributed by atoms with Crippen molar-refractivity contribution in [2.24, 2.45) is 5.73 Å². The minimum atomic E-state index is -4.46. The Bertz CT molecular complexity index is 345. The standard InChI is InChI=1S/C8H7ClF3NS/c1-4(8(10,11)12)7(13)5-2-6(9)14-3-5/h2-3,7H,1,13H2. The van der Waals surface area contributed by atoms with Crippen LogP contribution in [0.1, 0.15) is 11.6 Å². The fourth-order valence-electron chi connectivity index (χ4n) is 0.864. The van der Waals surface area contributed by atoms with Gasteiger partial charge >= 0.3 is 6.18 Å². The summed E-state index contributed by atoms with van der Waals surface area (Å²) in [6, 6.07) is 0.173. The van der Waals surface area contributed by atoms with E-state index in [1.54, 1.807) is 0 Å². The molecule has 1 aromatic rings. The molecule has 0 saturated heterocycles. The van der Waals surface area contributed by atoms with E-state index in [2.05, 4.69) is 6.58 Å². The molecule has 78 valence electrons. The lowest BCUT2D eigenvalue weighted by Gasteiger charge is -2.16. The number of hydrogen-bond donors (Lipinski definition) is 1. The summed E-state index contributed by atoms with van der Waals surface area (Å²) < 4.78 is 37.0. The van der Waals surface area contributed by atoms with Crippen molar-refractivity contribution in [1.82, 2.24) is 0 Å². The van der Waals surface area contributed by atoms with Gasteiger partial charge in [0.05, 0.1) is 10.4 Å². The van der Waals surface area contributed by atoms with Gasteiger partial charge in [-0.15, -0.1) is 11.3 Å². The fourth-order valence-corrected chi connectivity index (χ4v) is 1.79. The molecule has 1 rings (SSSR count). The van der Waals surface area contributed by atoms with Gasteiger partial charge in [0.2, 0.25) is 0 Å². The molecule has 0 aromatic carbocycles. The molecule has 2 N–H and O–H groups in total. The molecule has 1 heterocycles. The van der Waals surface area contributed by atoms with Crippen molar-refractivity contribution in [3.8, 4) is 0 Å². The molecule has 0 aliphatic heterocycles. The molecule has 0 bridgehead atoms. The van der Waals surface area contributed by atoms with Crippen LogP contribution in [-0.4, -0.2) is 6.18 Å². The van der Waals surface area contributed by atoms with E-state index < -0.39 is 17.8 Å². The van der Waals surface area contributed by atoms with Crippen molar-refractivity contribution in [2.45, 2.75) is 12.2 Å². The fraction of sp³-hybridized carbons (Fsp3) is 0.250. The molecule has 14 heavy (non-hydrogen) atoms. The highest BCUT2D eigenvalue weighted by atomic mass is 35.5. The van der Waals surface area contributed by atoms with Gasteiger partial charge < -0.3 is 5.73 Å². The van der Waals surface area contributed by atoms with Gasteiger partial charge in [-0.2, -0.15) is 13.2 Å². The maximum absolute atomic E-state index is 12.2. The topological polar surface area (TPSA) is 26.0 Å². The van der Waals surface area contributed by atoms with Gasteiger partial charge in [-0.1, -0.05) is 18.2 Å². The molecule has 1 unspecified atom stereocenters. The Kier molecular flexibility index (Phi) is 3.24. The molecular weight excluding hydrogens is 235 g/mol. The maximum Gasteiger partial charge on any atom is 0.413 e. The van der Waals surface area contributed by atoms with Gasteiger partial charge in [-0.25, -0.2) is 0 Å². The monoisotopic (exact) mass is 241 g/mol. The molecule has 1 nitrogen and oxygen atoms in total. The van der Waals surface area contributed by atoms with Crippen LogP contribution in [0, 0.1) is 0 Å². The van der Waals surface area contributed by atoms with Gasteiger partial charge in [0, 0.05) is 5.57 Å². The summed E-state index contributed by atoms with van der Waals surface area (Å²) in [5.41, 5.74) is 4.74. The Labute approximate surface area is 88.0 Å². The van der Waals surface area contributed by atoms with Crippen LogP contribution < -0.4 is 5.73 Å². The Hall–Kier alpha value is -0.520. The number of thiophene rings is 1. The van der Waals surface area contributed by atoms with Crippen LogP contribution in [0.4, 0.5) is 13.2 Å². The SMILES string of the molecule is C=C(C(N)c1csc(Cl)c1)C(F)(F)F. The van der Waals surface area contributed by atoms with E-state index in [0.717, 1.165) is 11.3 Å². The third-order valence-electron chi connectivity index (χ3n) is 1.69. The first-order valence-electron chi connectivity index (χ1n) is 3.58. The number of hydrogen-bond acceptors (Lipinski definition) is 2. The van der Waals surface area contributed by atoms with Crippen molar-refractivity contribution in [3.63, 3.8) is 0 Å². The van der Waals surface area contributed by atoms with Gasteiger partial charge in [0.1, 0.15) is 0 Å². The van der Waals surface area contributed by atoms with Gasteiger partial charge in [0.15, 0.2) is 0 Å². The molecule has 6 heteroatoms. The van der Waals surface area contributed by atoms with Crippen molar-refractivity contribution in [1.29, 1.82) is 0 Å². The van der Waals surface area contributed by atoms with Crippen LogP contribution in [0.3, 0.4) is 0 Å². The zero-order valence-corrected chi connectivity index (χ0v) is 8.51. The van der Waals surface area contributed by atoms with Crippen LogP contribution in [-0.2, 0) is 0 Å². The predicted molar refractivity (Wildman–Crippen MR) is 51.5 cm³/mol. The lowest BCUT2D eigenvalue weighted by atomic mass is 10.0. The molecular formula is C8H7ClF3NS. The number of rotatable bonds is 2. The normalized spacial score (nSPS) is 14.1. The summed E-state index contributed by atoms with van der Waals surface area (Å²) >= 11 is 6.71. The first kappa shape index (κ1) is 11.6. The van der Waals surface area contributed by atoms with Crippen LogP contribution in [0.15, 0.2) is 23.6 Å². The van der Waals surface area contributed by atoms with E-state index in [9.17, 15) is 13.2 Å². The lowest BCUT2D eigenvalue weighted by molar-refractivity contribution is -0.0952. The minimum absolute atomic E-state index is 0.335. The Balaban J connectivity index is 2.86. The Morgan fingerprint density at radius 3 is 2.50 bits per heavy atom. The molecule has 0 saturated carbocycles. The third-order valence-corrected chi connectivity index (χ3v) is 2.80. The Morgan fingerprint density at radius 1 is 1.57 bits per heavy atom. The highest BCUT2D eigenvalue weighted by Gasteiger charge is 2.36. The van der Waals surface area contributed by atoms with Gasteiger partial charge in [-0.3, -0.25) is 0 Å². The van der Waals surface area contributed by atoms with E-state index in [1.807, 2.05) is 0 Å². The average molecular weight is 242 g/mol. The number of alkyl halides is 3. The van der Waals surface area contributed by atoms with E-state index in [1.165, 1.54) is 11.4 Å². The van der Waals surface area contributed by atoms with Crippen molar-refractivity contribution in [3.05, 3.63) is 33.5 Å². The maximum atomic E-state index is 12.2. The second-order valence-corrected chi connectivity index (χ2v) is 4.23. The second kappa shape index (κ2) is 3.92. The predicted octanol–water partition coefficient (Wildman–Crippen LogP) is 3.52. The molecule has 0 fully saturated rings. The summed E-state index contributed by atoms with van der Waals surface area (Å²) in [7, 11) is 0. The van der Waals surface area contributed by atoms with Crippen LogP contribution >= 0.6 is 22.9 Å². The number of halogens is 4. The average Bonchev–Trinajstić information content (AvgIpc) is 2.47. The summed E-state index contributed by atoms with van der Waals surface area (Å²) in [6.45, 7) is 2.92. The van der Waals surface area contributed by atoms with Crippen molar-refractivity contribution in [2.75, 3.05) is 0 Å². The molecule has 1 aromatic heterocycles. The smallest absolute Gasteiger partial charge is 0.320 e. The van der Waals surface area contributed by atoms with Crippen molar-refractivity contribution < 1.29 is 13.2 Å². The molecule has 0 aliphatic rings. The minimum Gasteiger partial charge on any atom is -0.320 e. The van der Waals surface area contributed by atoms with E-state index in [-0.39, 0.29) is 0 Å². The Morgan fingerprint density at radius 2 is 2.14 bits per heavy atom. The van der Waals surface area contributed by atoms with Crippen LogP contribution in [0.2, 0.25) is 4.34 Å². The van der Waals surface area contributed by atoms with E-state index in [0.29, 0.717) is 9.90 Å². The summed E-state index contributed by atoms with van der Waals surface area (Å²) in [5, 5.41) is 1.49. The summed E-state index contributed by atoms with van der Waals surface area (Å²) in [5.74, 6) is 0. The summed E-state index contributed by atoms with van der Waals surface area (Å²) in [4.78, 5) is 0. The summed E-state index contributed by atoms with van der Waals surface area (Å²) in [6.07, 6.45) is -4.46. The molecule has 1 atom stereocenters. The first-order valence-corrected chi connectivity index (χ1v) is 4.83. The van der Waals surface area contributed by atoms with Gasteiger partial charge in [-0.05, 0) is 17.0 Å². The zero-order valence-electron chi connectivity index (χ0n) is 6.94. The molecule has 0 spiro atoms.